The molecule has 1 N–H and O–H groups in total. The number of hydrogen-bond donors (Lipinski definition) is 1. The van der Waals surface area contributed by atoms with Crippen LogP contribution in [-0.4, -0.2) is 33.4 Å². The van der Waals surface area contributed by atoms with Crippen molar-refractivity contribution in [3.63, 3.8) is 0 Å². The summed E-state index contributed by atoms with van der Waals surface area (Å²) >= 11 is 0. The van der Waals surface area contributed by atoms with Crippen LogP contribution in [0.15, 0.2) is 83.5 Å². The number of alkyl halides is 3. The molecule has 35 heavy (non-hydrogen) atoms. The first-order chi connectivity index (χ1) is 16.7. The van der Waals surface area contributed by atoms with Crippen molar-refractivity contribution in [3.8, 4) is 17.2 Å². The minimum absolute atomic E-state index is 0.214. The number of carboxylic acid groups (broad SMARTS) is 1. The quantitative estimate of drug-likeness (QED) is 0.332. The average Bonchev–Trinajstić information content (AvgIpc) is 3.48. The molecule has 4 rings (SSSR count). The Hall–Kier alpha value is -4.01. The van der Waals surface area contributed by atoms with Crippen LogP contribution in [0, 0.1) is 6.92 Å². The fourth-order valence-electron chi connectivity index (χ4n) is 3.86. The van der Waals surface area contributed by atoms with Crippen molar-refractivity contribution in [2.24, 2.45) is 0 Å². The number of nitrogens with zero attached hydrogens (tertiary/aromatic N) is 2. The number of hydrogen-bond acceptors (Lipinski definition) is 4. The zero-order chi connectivity index (χ0) is 25.1. The third-order valence-electron chi connectivity index (χ3n) is 5.77. The molecule has 9 heteroatoms. The number of aryl methyl sites for hydroxylation is 1. The maximum absolute atomic E-state index is 14.0. The highest BCUT2D eigenvalue weighted by Crippen LogP contribution is 2.40. The summed E-state index contributed by atoms with van der Waals surface area (Å²) in [6.45, 7) is 2.11. The predicted octanol–water partition coefficient (Wildman–Crippen LogP) is 5.66. The molecule has 0 saturated carbocycles. The molecule has 1 atom stereocenters. The van der Waals surface area contributed by atoms with Gasteiger partial charge in [-0.15, -0.1) is 0 Å². The number of benzene rings is 2. The Labute approximate surface area is 199 Å². The van der Waals surface area contributed by atoms with E-state index in [1.165, 1.54) is 36.4 Å². The van der Waals surface area contributed by atoms with Gasteiger partial charge in [-0.05, 0) is 48.9 Å². The molecule has 0 aliphatic heterocycles. The molecule has 0 amide bonds. The molecule has 0 aliphatic rings. The van der Waals surface area contributed by atoms with Gasteiger partial charge in [0.15, 0.2) is 0 Å². The van der Waals surface area contributed by atoms with Crippen LogP contribution in [-0.2, 0) is 23.2 Å². The van der Waals surface area contributed by atoms with E-state index in [4.69, 9.17) is 9.15 Å². The SMILES string of the molecule is Cc1oc(-c2ccccc2)nc1CCOc1ccc(C[C@](C(=O)O)(n2cccc2)C(F)(F)F)cc1. The summed E-state index contributed by atoms with van der Waals surface area (Å²) < 4.78 is 54.1. The number of aliphatic carboxylic acids is 1. The number of oxazole rings is 1. The molecular formula is C26H23F3N2O4. The van der Waals surface area contributed by atoms with Crippen LogP contribution in [0.25, 0.3) is 11.5 Å². The number of halogens is 3. The highest BCUT2D eigenvalue weighted by Gasteiger charge is 2.62. The summed E-state index contributed by atoms with van der Waals surface area (Å²) in [7, 11) is 0. The Morgan fingerprint density at radius 3 is 2.29 bits per heavy atom. The molecule has 0 aliphatic carbocycles. The number of rotatable bonds is 9. The van der Waals surface area contributed by atoms with E-state index in [1.54, 1.807) is 0 Å². The van der Waals surface area contributed by atoms with E-state index >= 15 is 0 Å². The van der Waals surface area contributed by atoms with Crippen LogP contribution < -0.4 is 4.74 Å². The van der Waals surface area contributed by atoms with E-state index in [9.17, 15) is 23.1 Å². The summed E-state index contributed by atoms with van der Waals surface area (Å²) in [5, 5.41) is 9.59. The predicted molar refractivity (Wildman–Crippen MR) is 122 cm³/mol. The van der Waals surface area contributed by atoms with Crippen LogP contribution in [0.2, 0.25) is 0 Å². The third-order valence-corrected chi connectivity index (χ3v) is 5.77. The standard InChI is InChI=1S/C26H23F3N2O4/c1-18-22(30-23(35-18)20-7-3-2-4-8-20)13-16-34-21-11-9-19(10-12-21)17-25(24(32)33,26(27,28)29)31-14-5-6-15-31/h2-12,14-15H,13,16-17H2,1H3,(H,32,33)/t25-/m1/s1. The van der Waals surface area contributed by atoms with Crippen molar-refractivity contribution in [1.29, 1.82) is 0 Å². The highest BCUT2D eigenvalue weighted by atomic mass is 19.4. The van der Waals surface area contributed by atoms with Crippen molar-refractivity contribution in [2.45, 2.75) is 31.5 Å². The molecule has 0 radical (unpaired) electrons. The van der Waals surface area contributed by atoms with E-state index in [0.717, 1.165) is 23.7 Å². The summed E-state index contributed by atoms with van der Waals surface area (Å²) in [5.74, 6) is -0.312. The van der Waals surface area contributed by atoms with Gasteiger partial charge in [0.1, 0.15) is 11.5 Å². The lowest BCUT2D eigenvalue weighted by atomic mass is 9.89. The van der Waals surface area contributed by atoms with Gasteiger partial charge in [0.05, 0.1) is 12.3 Å². The summed E-state index contributed by atoms with van der Waals surface area (Å²) in [5.41, 5.74) is -1.27. The Balaban J connectivity index is 1.42. The number of ether oxygens (including phenoxy) is 1. The van der Waals surface area contributed by atoms with Gasteiger partial charge in [-0.3, -0.25) is 0 Å². The zero-order valence-corrected chi connectivity index (χ0v) is 18.8. The second kappa shape index (κ2) is 9.69. The van der Waals surface area contributed by atoms with Crippen LogP contribution in [0.3, 0.4) is 0 Å². The maximum atomic E-state index is 14.0. The lowest BCUT2D eigenvalue weighted by Crippen LogP contribution is -2.55. The fraction of sp³-hybridized carbons (Fsp3) is 0.231. The largest absolute Gasteiger partial charge is 0.493 e. The summed E-state index contributed by atoms with van der Waals surface area (Å²) in [6, 6.07) is 18.2. The summed E-state index contributed by atoms with van der Waals surface area (Å²) in [6.07, 6.45) is -3.08. The lowest BCUT2D eigenvalue weighted by Gasteiger charge is -2.33. The van der Waals surface area contributed by atoms with E-state index in [1.807, 2.05) is 37.3 Å². The van der Waals surface area contributed by atoms with Gasteiger partial charge < -0.3 is 18.8 Å². The van der Waals surface area contributed by atoms with Crippen molar-refractivity contribution >= 4 is 5.97 Å². The van der Waals surface area contributed by atoms with E-state index in [0.29, 0.717) is 28.4 Å². The minimum atomic E-state index is -5.01. The first-order valence-corrected chi connectivity index (χ1v) is 10.9. The summed E-state index contributed by atoms with van der Waals surface area (Å²) in [4.78, 5) is 16.4. The number of carbonyl (C=O) groups is 1. The van der Waals surface area contributed by atoms with E-state index in [-0.39, 0.29) is 12.2 Å². The second-order valence-electron chi connectivity index (χ2n) is 8.06. The fourth-order valence-corrected chi connectivity index (χ4v) is 3.86. The second-order valence-corrected chi connectivity index (χ2v) is 8.06. The van der Waals surface area contributed by atoms with Gasteiger partial charge in [0.25, 0.3) is 0 Å². The molecule has 0 fully saturated rings. The highest BCUT2D eigenvalue weighted by molar-refractivity contribution is 5.78. The van der Waals surface area contributed by atoms with E-state index < -0.39 is 24.1 Å². The normalized spacial score (nSPS) is 13.4. The molecule has 2 aromatic carbocycles. The van der Waals surface area contributed by atoms with E-state index in [2.05, 4.69) is 4.98 Å². The van der Waals surface area contributed by atoms with Crippen LogP contribution in [0.5, 0.6) is 5.75 Å². The molecule has 0 saturated heterocycles. The Morgan fingerprint density at radius 1 is 1.03 bits per heavy atom. The molecule has 182 valence electrons. The van der Waals surface area contributed by atoms with Crippen molar-refractivity contribution in [2.75, 3.05) is 6.61 Å². The van der Waals surface area contributed by atoms with Gasteiger partial charge in [0.2, 0.25) is 11.4 Å². The van der Waals surface area contributed by atoms with Crippen LogP contribution in [0.4, 0.5) is 13.2 Å². The molecule has 0 bridgehead atoms. The smallest absolute Gasteiger partial charge is 0.423 e. The van der Waals surface area contributed by atoms with Gasteiger partial charge in [0, 0.05) is 30.8 Å². The molecule has 2 heterocycles. The van der Waals surface area contributed by atoms with Crippen LogP contribution in [0.1, 0.15) is 17.0 Å². The van der Waals surface area contributed by atoms with Crippen LogP contribution >= 0.6 is 0 Å². The van der Waals surface area contributed by atoms with Gasteiger partial charge in [-0.25, -0.2) is 9.78 Å². The Kier molecular flexibility index (Phi) is 6.68. The molecule has 4 aromatic rings. The molecule has 2 aromatic heterocycles. The monoisotopic (exact) mass is 484 g/mol. The Morgan fingerprint density at radius 2 is 1.69 bits per heavy atom. The van der Waals surface area contributed by atoms with Crippen molar-refractivity contribution in [1.82, 2.24) is 9.55 Å². The van der Waals surface area contributed by atoms with Crippen molar-refractivity contribution in [3.05, 3.63) is 96.1 Å². The molecular weight excluding hydrogens is 461 g/mol. The van der Waals surface area contributed by atoms with Crippen molar-refractivity contribution < 1.29 is 32.2 Å². The maximum Gasteiger partial charge on any atom is 0.423 e. The number of carboxylic acids is 1. The lowest BCUT2D eigenvalue weighted by molar-refractivity contribution is -0.224. The topological polar surface area (TPSA) is 77.5 Å². The third kappa shape index (κ3) is 4.94. The number of aromatic nitrogens is 2. The molecule has 6 nitrogen and oxygen atoms in total. The zero-order valence-electron chi connectivity index (χ0n) is 18.8. The Bertz CT molecular complexity index is 1270. The minimum Gasteiger partial charge on any atom is -0.493 e. The van der Waals surface area contributed by atoms with Gasteiger partial charge in [-0.2, -0.15) is 13.2 Å². The molecule has 0 spiro atoms. The molecule has 0 unspecified atom stereocenters. The first kappa shape index (κ1) is 24.1. The average molecular weight is 484 g/mol. The van der Waals surface area contributed by atoms with Gasteiger partial charge in [-0.1, -0.05) is 30.3 Å². The first-order valence-electron chi connectivity index (χ1n) is 10.9. The van der Waals surface area contributed by atoms with Gasteiger partial charge >= 0.3 is 12.1 Å².